The summed E-state index contributed by atoms with van der Waals surface area (Å²) < 4.78 is 13.4. The number of nitrogens with two attached hydrogens (primary N) is 1. The van der Waals surface area contributed by atoms with Crippen LogP contribution in [0.4, 0.5) is 4.39 Å². The molecule has 1 rings (SSSR count). The van der Waals surface area contributed by atoms with Crippen molar-refractivity contribution in [3.05, 3.63) is 34.6 Å². The molecule has 0 aliphatic carbocycles. The van der Waals surface area contributed by atoms with Crippen LogP contribution in [0.3, 0.4) is 0 Å². The topological polar surface area (TPSA) is 38.0 Å². The maximum absolute atomic E-state index is 13.4. The number of hydrazine groups is 1. The van der Waals surface area contributed by atoms with E-state index in [4.69, 9.17) is 17.4 Å². The Morgan fingerprint density at radius 2 is 2.00 bits per heavy atom. The summed E-state index contributed by atoms with van der Waals surface area (Å²) >= 11 is 5.96. The lowest BCUT2D eigenvalue weighted by Crippen LogP contribution is -2.28. The molecular formula is C14H22ClFN2. The first-order chi connectivity index (χ1) is 8.70. The molecule has 0 fully saturated rings. The van der Waals surface area contributed by atoms with E-state index in [1.54, 1.807) is 6.07 Å². The summed E-state index contributed by atoms with van der Waals surface area (Å²) in [6, 6.07) is 4.77. The summed E-state index contributed by atoms with van der Waals surface area (Å²) in [7, 11) is 0. The molecular weight excluding hydrogens is 251 g/mol. The third-order valence-electron chi connectivity index (χ3n) is 3.15. The Labute approximate surface area is 114 Å². The molecule has 1 unspecified atom stereocenters. The van der Waals surface area contributed by atoms with Gasteiger partial charge in [-0.05, 0) is 18.1 Å². The fraction of sp³-hybridized carbons (Fsp3) is 0.571. The largest absolute Gasteiger partial charge is 0.271 e. The molecule has 1 atom stereocenters. The lowest BCUT2D eigenvalue weighted by atomic mass is 10.00. The molecule has 0 heterocycles. The van der Waals surface area contributed by atoms with Crippen molar-refractivity contribution in [2.75, 3.05) is 0 Å². The Hall–Kier alpha value is -0.640. The molecule has 0 bridgehead atoms. The number of benzene rings is 1. The monoisotopic (exact) mass is 272 g/mol. The highest BCUT2D eigenvalue weighted by Crippen LogP contribution is 2.28. The minimum Gasteiger partial charge on any atom is -0.271 e. The summed E-state index contributed by atoms with van der Waals surface area (Å²) in [6.07, 6.45) is 6.87. The predicted octanol–water partition coefficient (Wildman–Crippen LogP) is 4.34. The van der Waals surface area contributed by atoms with Gasteiger partial charge in [0.25, 0.3) is 0 Å². The second-order valence-electron chi connectivity index (χ2n) is 4.57. The Balaban J connectivity index is 2.52. The van der Waals surface area contributed by atoms with Crippen LogP contribution in [0, 0.1) is 5.82 Å². The van der Waals surface area contributed by atoms with E-state index in [2.05, 4.69) is 12.3 Å². The zero-order valence-corrected chi connectivity index (χ0v) is 11.6. The number of rotatable bonds is 8. The molecule has 0 aliphatic rings. The highest BCUT2D eigenvalue weighted by Gasteiger charge is 2.15. The smallest absolute Gasteiger partial charge is 0.142 e. The van der Waals surface area contributed by atoms with Gasteiger partial charge in [0.1, 0.15) is 5.82 Å². The summed E-state index contributed by atoms with van der Waals surface area (Å²) in [4.78, 5) is 0. The molecule has 0 saturated carbocycles. The Morgan fingerprint density at radius 1 is 1.28 bits per heavy atom. The van der Waals surface area contributed by atoms with Gasteiger partial charge in [-0.25, -0.2) is 4.39 Å². The van der Waals surface area contributed by atoms with Gasteiger partial charge in [0.2, 0.25) is 0 Å². The van der Waals surface area contributed by atoms with E-state index in [0.717, 1.165) is 18.4 Å². The molecule has 0 saturated heterocycles. The highest BCUT2D eigenvalue weighted by atomic mass is 35.5. The summed E-state index contributed by atoms with van der Waals surface area (Å²) in [6.45, 7) is 2.19. The van der Waals surface area contributed by atoms with E-state index < -0.39 is 0 Å². The lowest BCUT2D eigenvalue weighted by Gasteiger charge is -2.17. The molecule has 0 radical (unpaired) electrons. The Kier molecular flexibility index (Phi) is 7.25. The van der Waals surface area contributed by atoms with Gasteiger partial charge in [-0.3, -0.25) is 11.3 Å². The maximum Gasteiger partial charge on any atom is 0.142 e. The van der Waals surface area contributed by atoms with Crippen molar-refractivity contribution in [1.82, 2.24) is 5.43 Å². The first-order valence-electron chi connectivity index (χ1n) is 6.60. The molecule has 0 amide bonds. The Morgan fingerprint density at radius 3 is 2.67 bits per heavy atom. The lowest BCUT2D eigenvalue weighted by molar-refractivity contribution is 0.476. The van der Waals surface area contributed by atoms with Crippen LogP contribution in [0.1, 0.15) is 57.1 Å². The van der Waals surface area contributed by atoms with Crippen molar-refractivity contribution in [2.24, 2.45) is 5.84 Å². The van der Waals surface area contributed by atoms with Gasteiger partial charge in [0.05, 0.1) is 5.02 Å². The SMILES string of the molecule is CCCCCCCC(NN)c1cccc(F)c1Cl. The molecule has 1 aromatic rings. The van der Waals surface area contributed by atoms with Crippen LogP contribution in [0.25, 0.3) is 0 Å². The van der Waals surface area contributed by atoms with Crippen LogP contribution in [-0.2, 0) is 0 Å². The van der Waals surface area contributed by atoms with Crippen molar-refractivity contribution in [3.63, 3.8) is 0 Å². The first-order valence-corrected chi connectivity index (χ1v) is 6.98. The molecule has 1 aromatic carbocycles. The van der Waals surface area contributed by atoms with E-state index in [9.17, 15) is 4.39 Å². The number of unbranched alkanes of at least 4 members (excludes halogenated alkanes) is 4. The van der Waals surface area contributed by atoms with E-state index in [-0.39, 0.29) is 16.9 Å². The summed E-state index contributed by atoms with van der Waals surface area (Å²) in [5.74, 6) is 5.15. The highest BCUT2D eigenvalue weighted by molar-refractivity contribution is 6.31. The zero-order chi connectivity index (χ0) is 13.4. The second kappa shape index (κ2) is 8.46. The number of halogens is 2. The van der Waals surface area contributed by atoms with Gasteiger partial charge in [-0.2, -0.15) is 0 Å². The van der Waals surface area contributed by atoms with Gasteiger partial charge < -0.3 is 0 Å². The fourth-order valence-electron chi connectivity index (χ4n) is 2.07. The first kappa shape index (κ1) is 15.4. The number of hydrogen-bond donors (Lipinski definition) is 2. The predicted molar refractivity (Wildman–Crippen MR) is 74.9 cm³/mol. The number of hydrogen-bond acceptors (Lipinski definition) is 2. The molecule has 0 aliphatic heterocycles. The van der Waals surface area contributed by atoms with Crippen molar-refractivity contribution >= 4 is 11.6 Å². The van der Waals surface area contributed by atoms with E-state index in [1.165, 1.54) is 31.7 Å². The third kappa shape index (κ3) is 4.56. The van der Waals surface area contributed by atoms with Crippen LogP contribution in [-0.4, -0.2) is 0 Å². The van der Waals surface area contributed by atoms with Crippen LogP contribution in [0.15, 0.2) is 18.2 Å². The quantitative estimate of drug-likeness (QED) is 0.420. The second-order valence-corrected chi connectivity index (χ2v) is 4.94. The van der Waals surface area contributed by atoms with Gasteiger partial charge in [0.15, 0.2) is 0 Å². The average molecular weight is 273 g/mol. The van der Waals surface area contributed by atoms with Crippen molar-refractivity contribution in [3.8, 4) is 0 Å². The van der Waals surface area contributed by atoms with Crippen molar-refractivity contribution in [2.45, 2.75) is 51.5 Å². The minimum absolute atomic E-state index is 0.0742. The van der Waals surface area contributed by atoms with Gasteiger partial charge in [-0.1, -0.05) is 62.8 Å². The normalized spacial score (nSPS) is 12.7. The van der Waals surface area contributed by atoms with E-state index in [0.29, 0.717) is 0 Å². The molecule has 3 N–H and O–H groups in total. The zero-order valence-electron chi connectivity index (χ0n) is 10.9. The van der Waals surface area contributed by atoms with Gasteiger partial charge >= 0.3 is 0 Å². The molecule has 18 heavy (non-hydrogen) atoms. The average Bonchev–Trinajstić information content (AvgIpc) is 2.38. The van der Waals surface area contributed by atoms with Crippen LogP contribution >= 0.6 is 11.6 Å². The van der Waals surface area contributed by atoms with Crippen molar-refractivity contribution < 1.29 is 4.39 Å². The standard InChI is InChI=1S/C14H22ClFN2/c1-2-3-4-5-6-10-13(18-17)11-8-7-9-12(16)14(11)15/h7-9,13,18H,2-6,10,17H2,1H3. The molecule has 0 aromatic heterocycles. The minimum atomic E-state index is -0.389. The molecule has 102 valence electrons. The van der Waals surface area contributed by atoms with Gasteiger partial charge in [0, 0.05) is 6.04 Å². The Bertz CT molecular complexity index is 358. The number of nitrogens with one attached hydrogen (secondary N) is 1. The fourth-order valence-corrected chi connectivity index (χ4v) is 2.33. The van der Waals surface area contributed by atoms with Gasteiger partial charge in [-0.15, -0.1) is 0 Å². The van der Waals surface area contributed by atoms with Crippen LogP contribution in [0.2, 0.25) is 5.02 Å². The van der Waals surface area contributed by atoms with Crippen molar-refractivity contribution in [1.29, 1.82) is 0 Å². The molecule has 2 nitrogen and oxygen atoms in total. The van der Waals surface area contributed by atoms with Crippen LogP contribution < -0.4 is 11.3 Å². The van der Waals surface area contributed by atoms with E-state index in [1.807, 2.05) is 6.07 Å². The maximum atomic E-state index is 13.4. The summed E-state index contributed by atoms with van der Waals surface area (Å²) in [5, 5.41) is 0.175. The third-order valence-corrected chi connectivity index (χ3v) is 3.55. The van der Waals surface area contributed by atoms with E-state index >= 15 is 0 Å². The molecule has 0 spiro atoms. The molecule has 4 heteroatoms. The van der Waals surface area contributed by atoms with Crippen LogP contribution in [0.5, 0.6) is 0 Å². The summed E-state index contributed by atoms with van der Waals surface area (Å²) in [5.41, 5.74) is 3.47.